The predicted octanol–water partition coefficient (Wildman–Crippen LogP) is 3.69. The molecule has 0 aliphatic rings. The van der Waals surface area contributed by atoms with Gasteiger partial charge in [-0.3, -0.25) is 19.7 Å². The van der Waals surface area contributed by atoms with Crippen LogP contribution in [0.2, 0.25) is 0 Å². The Bertz CT molecular complexity index is 856. The van der Waals surface area contributed by atoms with Gasteiger partial charge in [0.1, 0.15) is 0 Å². The van der Waals surface area contributed by atoms with Crippen LogP contribution in [0.1, 0.15) is 42.2 Å². The van der Waals surface area contributed by atoms with Crippen molar-refractivity contribution in [3.63, 3.8) is 0 Å². The molecule has 3 N–H and O–H groups in total. The van der Waals surface area contributed by atoms with Gasteiger partial charge in [0.05, 0.1) is 21.6 Å². The van der Waals surface area contributed by atoms with Crippen molar-refractivity contribution in [3.05, 3.63) is 69.8 Å². The van der Waals surface area contributed by atoms with Crippen LogP contribution in [-0.4, -0.2) is 22.5 Å². The Morgan fingerprint density at radius 3 is 2.43 bits per heavy atom. The molecule has 2 aromatic carbocycles. The summed E-state index contributed by atoms with van der Waals surface area (Å²) in [5, 5.41) is 14.3. The third-order valence-electron chi connectivity index (χ3n) is 4.04. The van der Waals surface area contributed by atoms with Gasteiger partial charge in [-0.15, -0.1) is 11.8 Å². The lowest BCUT2D eigenvalue weighted by Gasteiger charge is -2.21. The van der Waals surface area contributed by atoms with E-state index in [-0.39, 0.29) is 29.0 Å². The standard InChI is InChI=1S/C20H23N3O4S/c1-13(2)10-16(14-6-4-3-5-7-14)22-19(24)12-28-18-9-8-15(20(21)25)11-17(18)23(26)27/h3-9,11,13,16H,10,12H2,1-2H3,(H2,21,25)(H,22,24). The molecule has 7 nitrogen and oxygen atoms in total. The van der Waals surface area contributed by atoms with Gasteiger partial charge in [0.25, 0.3) is 5.69 Å². The molecule has 1 atom stereocenters. The monoisotopic (exact) mass is 401 g/mol. The van der Waals surface area contributed by atoms with Crippen LogP contribution in [-0.2, 0) is 4.79 Å². The van der Waals surface area contributed by atoms with E-state index in [1.807, 2.05) is 30.3 Å². The minimum absolute atomic E-state index is 0.0260. The molecule has 148 valence electrons. The van der Waals surface area contributed by atoms with E-state index in [0.717, 1.165) is 29.8 Å². The van der Waals surface area contributed by atoms with Crippen molar-refractivity contribution in [3.8, 4) is 0 Å². The minimum Gasteiger partial charge on any atom is -0.366 e. The van der Waals surface area contributed by atoms with E-state index in [9.17, 15) is 19.7 Å². The highest BCUT2D eigenvalue weighted by molar-refractivity contribution is 8.00. The van der Waals surface area contributed by atoms with Crippen LogP contribution >= 0.6 is 11.8 Å². The van der Waals surface area contributed by atoms with E-state index in [1.165, 1.54) is 12.1 Å². The molecular weight excluding hydrogens is 378 g/mol. The van der Waals surface area contributed by atoms with Gasteiger partial charge >= 0.3 is 0 Å². The summed E-state index contributed by atoms with van der Waals surface area (Å²) in [5.74, 6) is -0.539. The van der Waals surface area contributed by atoms with Crippen LogP contribution in [0.15, 0.2) is 53.4 Å². The number of nitrogens with two attached hydrogens (primary N) is 1. The van der Waals surface area contributed by atoms with Crippen LogP contribution in [0.25, 0.3) is 0 Å². The quantitative estimate of drug-likeness (QED) is 0.378. The van der Waals surface area contributed by atoms with Crippen LogP contribution in [0.5, 0.6) is 0 Å². The predicted molar refractivity (Wildman–Crippen MR) is 109 cm³/mol. The van der Waals surface area contributed by atoms with Gasteiger partial charge in [-0.2, -0.15) is 0 Å². The molecule has 0 heterocycles. The summed E-state index contributed by atoms with van der Waals surface area (Å²) in [4.78, 5) is 34.7. The van der Waals surface area contributed by atoms with Crippen molar-refractivity contribution in [2.45, 2.75) is 31.2 Å². The zero-order chi connectivity index (χ0) is 20.7. The normalized spacial score (nSPS) is 11.8. The summed E-state index contributed by atoms with van der Waals surface area (Å²) in [6.45, 7) is 4.17. The lowest BCUT2D eigenvalue weighted by Crippen LogP contribution is -2.30. The minimum atomic E-state index is -0.739. The van der Waals surface area contributed by atoms with E-state index in [4.69, 9.17) is 5.73 Å². The number of primary amides is 1. The number of benzene rings is 2. The van der Waals surface area contributed by atoms with Gasteiger partial charge in [0, 0.05) is 11.6 Å². The van der Waals surface area contributed by atoms with Gasteiger partial charge in [-0.25, -0.2) is 0 Å². The van der Waals surface area contributed by atoms with Crippen LogP contribution in [0, 0.1) is 16.0 Å². The maximum atomic E-state index is 12.5. The molecule has 8 heteroatoms. The van der Waals surface area contributed by atoms with Crippen molar-refractivity contribution in [2.75, 3.05) is 5.75 Å². The molecular formula is C20H23N3O4S. The second kappa shape index (κ2) is 9.89. The van der Waals surface area contributed by atoms with Gasteiger partial charge in [0.2, 0.25) is 11.8 Å². The summed E-state index contributed by atoms with van der Waals surface area (Å²) >= 11 is 1.05. The smallest absolute Gasteiger partial charge is 0.283 e. The molecule has 28 heavy (non-hydrogen) atoms. The summed E-state index contributed by atoms with van der Waals surface area (Å²) in [6.07, 6.45) is 0.786. The lowest BCUT2D eigenvalue weighted by molar-refractivity contribution is -0.387. The molecule has 0 spiro atoms. The molecule has 2 aromatic rings. The molecule has 0 aromatic heterocycles. The van der Waals surface area contributed by atoms with Crippen LogP contribution in [0.4, 0.5) is 5.69 Å². The van der Waals surface area contributed by atoms with Gasteiger partial charge in [-0.05, 0) is 30.0 Å². The first-order valence-corrected chi connectivity index (χ1v) is 9.81. The molecule has 1 unspecified atom stereocenters. The highest BCUT2D eigenvalue weighted by Crippen LogP contribution is 2.30. The SMILES string of the molecule is CC(C)CC(NC(=O)CSc1ccc(C(N)=O)cc1[N+](=O)[O-])c1ccccc1. The number of carbonyl (C=O) groups excluding carboxylic acids is 2. The number of rotatable bonds is 9. The fourth-order valence-electron chi connectivity index (χ4n) is 2.75. The van der Waals surface area contributed by atoms with Gasteiger partial charge < -0.3 is 11.1 Å². The molecule has 0 aliphatic heterocycles. The zero-order valence-corrected chi connectivity index (χ0v) is 16.6. The Morgan fingerprint density at radius 1 is 1.18 bits per heavy atom. The number of hydrogen-bond acceptors (Lipinski definition) is 5. The first-order valence-electron chi connectivity index (χ1n) is 8.83. The molecule has 0 saturated carbocycles. The Kier molecular flexibility index (Phi) is 7.57. The second-order valence-corrected chi connectivity index (χ2v) is 7.77. The number of carbonyl (C=O) groups is 2. The van der Waals surface area contributed by atoms with Crippen molar-refractivity contribution >= 4 is 29.3 Å². The highest BCUT2D eigenvalue weighted by Gasteiger charge is 2.20. The van der Waals surface area contributed by atoms with Crippen LogP contribution < -0.4 is 11.1 Å². The number of amides is 2. The molecule has 0 bridgehead atoms. The van der Waals surface area contributed by atoms with Gasteiger partial charge in [-0.1, -0.05) is 44.2 Å². The summed E-state index contributed by atoms with van der Waals surface area (Å²) in [7, 11) is 0. The number of thioether (sulfide) groups is 1. The molecule has 0 radical (unpaired) electrons. The van der Waals surface area contributed by atoms with E-state index in [1.54, 1.807) is 0 Å². The number of nitrogens with zero attached hydrogens (tertiary/aromatic N) is 1. The summed E-state index contributed by atoms with van der Waals surface area (Å²) < 4.78 is 0. The number of nitro benzene ring substituents is 1. The summed E-state index contributed by atoms with van der Waals surface area (Å²) in [6, 6.07) is 13.6. The molecule has 0 saturated heterocycles. The molecule has 0 aliphatic carbocycles. The van der Waals surface area contributed by atoms with E-state index < -0.39 is 10.8 Å². The largest absolute Gasteiger partial charge is 0.366 e. The third kappa shape index (κ3) is 6.09. The Labute approximate surface area is 167 Å². The zero-order valence-electron chi connectivity index (χ0n) is 15.8. The van der Waals surface area contributed by atoms with Crippen molar-refractivity contribution in [1.29, 1.82) is 0 Å². The maximum Gasteiger partial charge on any atom is 0.283 e. The Morgan fingerprint density at radius 2 is 1.86 bits per heavy atom. The third-order valence-corrected chi connectivity index (χ3v) is 5.11. The van der Waals surface area contributed by atoms with E-state index in [0.29, 0.717) is 10.8 Å². The maximum absolute atomic E-state index is 12.5. The average molecular weight is 401 g/mol. The molecule has 2 amide bonds. The van der Waals surface area contributed by atoms with Crippen LogP contribution in [0.3, 0.4) is 0 Å². The van der Waals surface area contributed by atoms with E-state index in [2.05, 4.69) is 19.2 Å². The Balaban J connectivity index is 2.08. The number of nitrogens with one attached hydrogen (secondary N) is 1. The highest BCUT2D eigenvalue weighted by atomic mass is 32.2. The number of nitro groups is 1. The summed E-state index contributed by atoms with van der Waals surface area (Å²) in [5.41, 5.74) is 6.01. The first kappa shape index (κ1) is 21.4. The molecule has 0 fully saturated rings. The average Bonchev–Trinajstić information content (AvgIpc) is 2.65. The van der Waals surface area contributed by atoms with Crippen molar-refractivity contribution < 1.29 is 14.5 Å². The molecule has 2 rings (SSSR count). The first-order chi connectivity index (χ1) is 13.3. The van der Waals surface area contributed by atoms with Crippen molar-refractivity contribution in [1.82, 2.24) is 5.32 Å². The fourth-order valence-corrected chi connectivity index (χ4v) is 3.57. The van der Waals surface area contributed by atoms with Gasteiger partial charge in [0.15, 0.2) is 0 Å². The van der Waals surface area contributed by atoms with Crippen molar-refractivity contribution in [2.24, 2.45) is 11.7 Å². The second-order valence-electron chi connectivity index (χ2n) is 6.75. The topological polar surface area (TPSA) is 115 Å². The fraction of sp³-hybridized carbons (Fsp3) is 0.300. The van der Waals surface area contributed by atoms with E-state index >= 15 is 0 Å². The number of hydrogen-bond donors (Lipinski definition) is 2. The lowest BCUT2D eigenvalue weighted by atomic mass is 9.97. The Hall–Kier alpha value is -2.87.